The van der Waals surface area contributed by atoms with E-state index in [1.54, 1.807) is 7.11 Å². The van der Waals surface area contributed by atoms with Crippen LogP contribution in [-0.2, 0) is 0 Å². The predicted molar refractivity (Wildman–Crippen MR) is 78.9 cm³/mol. The topological polar surface area (TPSA) is 30.5 Å². The van der Waals surface area contributed by atoms with Crippen LogP contribution in [-0.4, -0.2) is 38.8 Å². The summed E-state index contributed by atoms with van der Waals surface area (Å²) in [6.45, 7) is 4.88. The van der Waals surface area contributed by atoms with Crippen LogP contribution in [0.1, 0.15) is 6.92 Å². The Labute approximate surface area is 114 Å². The third-order valence-corrected chi connectivity index (χ3v) is 3.45. The van der Waals surface area contributed by atoms with Crippen LogP contribution in [0.3, 0.4) is 0 Å². The standard InChI is InChI=1S/C14H23NO2S/c1-12(11-18-3)10-15-8-9-17-14-6-4-13(16-2)5-7-14/h4-7,12,15H,8-11H2,1-3H3. The fourth-order valence-electron chi connectivity index (χ4n) is 1.60. The largest absolute Gasteiger partial charge is 0.497 e. The molecule has 3 nitrogen and oxygen atoms in total. The maximum Gasteiger partial charge on any atom is 0.119 e. The monoisotopic (exact) mass is 269 g/mol. The molecule has 1 aromatic carbocycles. The van der Waals surface area contributed by atoms with E-state index in [-0.39, 0.29) is 0 Å². The Bertz CT molecular complexity index is 316. The van der Waals surface area contributed by atoms with Gasteiger partial charge in [0.25, 0.3) is 0 Å². The van der Waals surface area contributed by atoms with Crippen molar-refractivity contribution in [3.63, 3.8) is 0 Å². The van der Waals surface area contributed by atoms with Crippen molar-refractivity contribution < 1.29 is 9.47 Å². The average molecular weight is 269 g/mol. The molecule has 0 saturated heterocycles. The van der Waals surface area contributed by atoms with E-state index in [1.807, 2.05) is 36.0 Å². The molecule has 102 valence electrons. The molecular formula is C14H23NO2S. The SMILES string of the molecule is COc1ccc(OCCNCC(C)CSC)cc1. The zero-order valence-electron chi connectivity index (χ0n) is 11.4. The Hall–Kier alpha value is -0.870. The van der Waals surface area contributed by atoms with Crippen LogP contribution >= 0.6 is 11.8 Å². The van der Waals surface area contributed by atoms with Crippen LogP contribution in [0.25, 0.3) is 0 Å². The Balaban J connectivity index is 2.10. The van der Waals surface area contributed by atoms with Gasteiger partial charge in [0.1, 0.15) is 18.1 Å². The summed E-state index contributed by atoms with van der Waals surface area (Å²) in [6, 6.07) is 7.66. The highest BCUT2D eigenvalue weighted by Crippen LogP contribution is 2.16. The van der Waals surface area contributed by atoms with Crippen LogP contribution in [0, 0.1) is 5.92 Å². The molecule has 0 bridgehead atoms. The van der Waals surface area contributed by atoms with Crippen LogP contribution in [0.5, 0.6) is 11.5 Å². The van der Waals surface area contributed by atoms with Crippen molar-refractivity contribution >= 4 is 11.8 Å². The predicted octanol–water partition coefficient (Wildman–Crippen LogP) is 2.66. The number of benzene rings is 1. The number of nitrogens with one attached hydrogen (secondary N) is 1. The van der Waals surface area contributed by atoms with E-state index < -0.39 is 0 Å². The maximum absolute atomic E-state index is 5.62. The summed E-state index contributed by atoms with van der Waals surface area (Å²) in [7, 11) is 1.66. The van der Waals surface area contributed by atoms with Gasteiger partial charge in [-0.05, 0) is 48.7 Å². The van der Waals surface area contributed by atoms with E-state index in [0.29, 0.717) is 12.5 Å². The molecule has 0 aromatic heterocycles. The third-order valence-electron chi connectivity index (χ3n) is 2.55. The number of hydrogen-bond acceptors (Lipinski definition) is 4. The molecule has 1 unspecified atom stereocenters. The first-order valence-corrected chi connectivity index (χ1v) is 7.62. The Morgan fingerprint density at radius 2 is 1.89 bits per heavy atom. The molecule has 1 N–H and O–H groups in total. The molecule has 0 heterocycles. The summed E-state index contributed by atoms with van der Waals surface area (Å²) in [4.78, 5) is 0. The average Bonchev–Trinajstić information content (AvgIpc) is 2.39. The molecular weight excluding hydrogens is 246 g/mol. The zero-order valence-corrected chi connectivity index (χ0v) is 12.3. The van der Waals surface area contributed by atoms with Crippen molar-refractivity contribution in [2.75, 3.05) is 38.8 Å². The van der Waals surface area contributed by atoms with Gasteiger partial charge in [0, 0.05) is 6.54 Å². The molecule has 1 rings (SSSR count). The summed E-state index contributed by atoms with van der Waals surface area (Å²) in [5.41, 5.74) is 0. The lowest BCUT2D eigenvalue weighted by Gasteiger charge is -2.11. The van der Waals surface area contributed by atoms with Gasteiger partial charge in [0.2, 0.25) is 0 Å². The number of rotatable bonds is 9. The molecule has 1 aromatic rings. The van der Waals surface area contributed by atoms with E-state index in [1.165, 1.54) is 5.75 Å². The Morgan fingerprint density at radius 1 is 1.22 bits per heavy atom. The fraction of sp³-hybridized carbons (Fsp3) is 0.571. The smallest absolute Gasteiger partial charge is 0.119 e. The molecule has 0 spiro atoms. The summed E-state index contributed by atoms with van der Waals surface area (Å²) in [5, 5.41) is 3.40. The molecule has 18 heavy (non-hydrogen) atoms. The van der Waals surface area contributed by atoms with E-state index in [2.05, 4.69) is 18.5 Å². The molecule has 0 saturated carbocycles. The van der Waals surface area contributed by atoms with Crippen molar-refractivity contribution in [1.29, 1.82) is 0 Å². The second kappa shape index (κ2) is 9.11. The van der Waals surface area contributed by atoms with Gasteiger partial charge in [0.05, 0.1) is 7.11 Å². The lowest BCUT2D eigenvalue weighted by molar-refractivity contribution is 0.310. The minimum Gasteiger partial charge on any atom is -0.497 e. The normalized spacial score (nSPS) is 12.2. The zero-order chi connectivity index (χ0) is 13.2. The van der Waals surface area contributed by atoms with Gasteiger partial charge in [-0.2, -0.15) is 11.8 Å². The van der Waals surface area contributed by atoms with Crippen molar-refractivity contribution in [3.05, 3.63) is 24.3 Å². The van der Waals surface area contributed by atoms with Crippen LogP contribution < -0.4 is 14.8 Å². The van der Waals surface area contributed by atoms with Gasteiger partial charge in [-0.25, -0.2) is 0 Å². The highest BCUT2D eigenvalue weighted by atomic mass is 32.2. The van der Waals surface area contributed by atoms with Gasteiger partial charge in [-0.3, -0.25) is 0 Å². The molecule has 0 radical (unpaired) electrons. The molecule has 0 aliphatic heterocycles. The quantitative estimate of drug-likeness (QED) is 0.698. The highest BCUT2D eigenvalue weighted by molar-refractivity contribution is 7.98. The lowest BCUT2D eigenvalue weighted by atomic mass is 10.2. The van der Waals surface area contributed by atoms with Crippen LogP contribution in [0.4, 0.5) is 0 Å². The minimum absolute atomic E-state index is 0.693. The fourth-order valence-corrected chi connectivity index (χ4v) is 2.29. The first-order valence-electron chi connectivity index (χ1n) is 6.22. The van der Waals surface area contributed by atoms with Crippen molar-refractivity contribution in [2.45, 2.75) is 6.92 Å². The van der Waals surface area contributed by atoms with Gasteiger partial charge < -0.3 is 14.8 Å². The molecule has 0 fully saturated rings. The van der Waals surface area contributed by atoms with Gasteiger partial charge in [-0.1, -0.05) is 6.92 Å². The lowest BCUT2D eigenvalue weighted by Crippen LogP contribution is -2.26. The number of methoxy groups -OCH3 is 1. The van der Waals surface area contributed by atoms with Gasteiger partial charge in [0.15, 0.2) is 0 Å². The Kier molecular flexibility index (Phi) is 7.69. The first-order chi connectivity index (χ1) is 8.76. The van der Waals surface area contributed by atoms with Crippen molar-refractivity contribution in [2.24, 2.45) is 5.92 Å². The van der Waals surface area contributed by atoms with E-state index in [4.69, 9.17) is 9.47 Å². The van der Waals surface area contributed by atoms with Crippen LogP contribution in [0.15, 0.2) is 24.3 Å². The van der Waals surface area contributed by atoms with E-state index in [0.717, 1.165) is 24.6 Å². The van der Waals surface area contributed by atoms with Crippen LogP contribution in [0.2, 0.25) is 0 Å². The summed E-state index contributed by atoms with van der Waals surface area (Å²) in [6.07, 6.45) is 2.14. The first kappa shape index (κ1) is 15.2. The molecule has 0 amide bonds. The Morgan fingerprint density at radius 3 is 2.50 bits per heavy atom. The van der Waals surface area contributed by atoms with Crippen molar-refractivity contribution in [1.82, 2.24) is 5.32 Å². The third kappa shape index (κ3) is 6.17. The molecule has 0 aliphatic carbocycles. The highest BCUT2D eigenvalue weighted by Gasteiger charge is 2.00. The number of thioether (sulfide) groups is 1. The van der Waals surface area contributed by atoms with Gasteiger partial charge >= 0.3 is 0 Å². The molecule has 0 aliphatic rings. The number of hydrogen-bond donors (Lipinski definition) is 1. The summed E-state index contributed by atoms with van der Waals surface area (Å²) >= 11 is 1.89. The van der Waals surface area contributed by atoms with E-state index in [9.17, 15) is 0 Å². The second-order valence-corrected chi connectivity index (χ2v) is 5.20. The van der Waals surface area contributed by atoms with Crippen molar-refractivity contribution in [3.8, 4) is 11.5 Å². The number of ether oxygens (including phenoxy) is 2. The molecule has 1 atom stereocenters. The molecule has 4 heteroatoms. The minimum atomic E-state index is 0.693. The second-order valence-electron chi connectivity index (χ2n) is 4.29. The van der Waals surface area contributed by atoms with Gasteiger partial charge in [-0.15, -0.1) is 0 Å². The summed E-state index contributed by atoms with van der Waals surface area (Å²) in [5.74, 6) is 3.65. The maximum atomic E-state index is 5.62. The van der Waals surface area contributed by atoms with E-state index >= 15 is 0 Å². The summed E-state index contributed by atoms with van der Waals surface area (Å²) < 4.78 is 10.7.